The fraction of sp³-hybridized carbons (Fsp3) is 0.609. The third-order valence-electron chi connectivity index (χ3n) is 5.30. The van der Waals surface area contributed by atoms with E-state index in [0.29, 0.717) is 31.7 Å². The van der Waals surface area contributed by atoms with E-state index in [1.165, 1.54) is 11.1 Å². The number of carbonyl (C=O) groups is 3. The lowest BCUT2D eigenvalue weighted by molar-refractivity contribution is -0.192. The van der Waals surface area contributed by atoms with E-state index in [1.807, 2.05) is 23.1 Å². The molecular weight excluding hydrogens is 471 g/mol. The number of nitrogens with zero attached hydrogens (tertiary/aromatic N) is 1. The summed E-state index contributed by atoms with van der Waals surface area (Å²) in [6, 6.07) is 5.90. The van der Waals surface area contributed by atoms with E-state index < -0.39 is 12.1 Å². The molecule has 198 valence electrons. The molecule has 0 unspecified atom stereocenters. The van der Waals surface area contributed by atoms with Crippen LogP contribution in [0, 0.1) is 0 Å². The number of amides is 1. The fourth-order valence-corrected chi connectivity index (χ4v) is 3.46. The summed E-state index contributed by atoms with van der Waals surface area (Å²) in [5, 5.41) is 31.3. The first-order valence-electron chi connectivity index (χ1n) is 11.4. The third kappa shape index (κ3) is 12.6. The first kappa shape index (κ1) is 30.5. The second kappa shape index (κ2) is 16.2. The molecule has 0 atom stereocenters. The Morgan fingerprint density at radius 2 is 1.57 bits per heavy atom. The topological polar surface area (TPSA) is 139 Å². The molecule has 35 heavy (non-hydrogen) atoms. The lowest BCUT2D eigenvalue weighted by Gasteiger charge is -2.19. The molecule has 12 heteroatoms. The zero-order valence-corrected chi connectivity index (χ0v) is 19.6. The predicted octanol–water partition coefficient (Wildman–Crippen LogP) is 0.764. The van der Waals surface area contributed by atoms with Gasteiger partial charge in [-0.1, -0.05) is 12.1 Å². The Morgan fingerprint density at radius 3 is 2.14 bits per heavy atom. The Kier molecular flexibility index (Phi) is 14.1. The molecule has 0 saturated carbocycles. The maximum Gasteiger partial charge on any atom is 0.490 e. The summed E-state index contributed by atoms with van der Waals surface area (Å²) in [6.07, 6.45) is -2.03. The number of hydrogen-bond acceptors (Lipinski definition) is 7. The molecule has 0 spiro atoms. The van der Waals surface area contributed by atoms with Crippen molar-refractivity contribution < 1.29 is 42.9 Å². The average Bonchev–Trinajstić information content (AvgIpc) is 3.05. The first-order chi connectivity index (χ1) is 16.6. The van der Waals surface area contributed by atoms with Gasteiger partial charge in [0.2, 0.25) is 5.91 Å². The normalized spacial score (nSPS) is 13.3. The molecule has 1 heterocycles. The number of ketones is 1. The molecule has 1 aliphatic heterocycles. The minimum atomic E-state index is -5.08. The summed E-state index contributed by atoms with van der Waals surface area (Å²) in [5.41, 5.74) is 3.23. The quantitative estimate of drug-likeness (QED) is 0.207. The average molecular weight is 506 g/mol. The van der Waals surface area contributed by atoms with Gasteiger partial charge in [-0.05, 0) is 56.1 Å². The molecule has 0 saturated heterocycles. The molecule has 9 nitrogen and oxygen atoms in total. The minimum Gasteiger partial charge on any atom is -0.475 e. The van der Waals surface area contributed by atoms with Gasteiger partial charge in [0.05, 0.1) is 13.2 Å². The number of alkyl halides is 3. The maximum absolute atomic E-state index is 12.4. The number of aliphatic hydroxyl groups is 2. The van der Waals surface area contributed by atoms with Crippen LogP contribution in [0.5, 0.6) is 0 Å². The van der Waals surface area contributed by atoms with Crippen LogP contribution in [0.4, 0.5) is 13.2 Å². The van der Waals surface area contributed by atoms with Crippen LogP contribution in [0.25, 0.3) is 0 Å². The van der Waals surface area contributed by atoms with Gasteiger partial charge in [0.1, 0.15) is 0 Å². The second-order valence-electron chi connectivity index (χ2n) is 7.95. The zero-order chi connectivity index (χ0) is 26.3. The summed E-state index contributed by atoms with van der Waals surface area (Å²) in [7, 11) is 0. The van der Waals surface area contributed by atoms with Gasteiger partial charge in [-0.3, -0.25) is 14.5 Å². The van der Waals surface area contributed by atoms with Crippen molar-refractivity contribution in [2.75, 3.05) is 52.5 Å². The Morgan fingerprint density at radius 1 is 0.971 bits per heavy atom. The Labute approximate surface area is 202 Å². The summed E-state index contributed by atoms with van der Waals surface area (Å²) in [6.45, 7) is 4.25. The molecule has 0 fully saturated rings. The van der Waals surface area contributed by atoms with Crippen molar-refractivity contribution in [1.29, 1.82) is 0 Å². The monoisotopic (exact) mass is 505 g/mol. The van der Waals surface area contributed by atoms with Crippen LogP contribution in [-0.2, 0) is 22.4 Å². The molecule has 1 aliphatic rings. The molecule has 0 aromatic heterocycles. The summed E-state index contributed by atoms with van der Waals surface area (Å²) >= 11 is 0. The van der Waals surface area contributed by atoms with E-state index in [0.717, 1.165) is 32.4 Å². The van der Waals surface area contributed by atoms with Crippen molar-refractivity contribution in [3.8, 4) is 0 Å². The van der Waals surface area contributed by atoms with E-state index >= 15 is 0 Å². The van der Waals surface area contributed by atoms with Gasteiger partial charge >= 0.3 is 12.1 Å². The van der Waals surface area contributed by atoms with Gasteiger partial charge in [0, 0.05) is 38.0 Å². The highest BCUT2D eigenvalue weighted by molar-refractivity contribution is 5.98. The Hall–Kier alpha value is -2.54. The van der Waals surface area contributed by atoms with Crippen molar-refractivity contribution in [3.63, 3.8) is 0 Å². The Balaban J connectivity index is 0.000000762. The number of fused-ring (bicyclic) bond motifs is 1. The molecule has 1 aromatic carbocycles. The molecule has 1 amide bonds. The first-order valence-corrected chi connectivity index (χ1v) is 11.4. The van der Waals surface area contributed by atoms with E-state index in [-0.39, 0.29) is 37.7 Å². The predicted molar refractivity (Wildman–Crippen MR) is 122 cm³/mol. The SMILES string of the molecule is O=C(CCC(=O)c1ccc2c(c1)CCNCC2)NCCCN(CCO)CCO.O=C(O)C(F)(F)F. The van der Waals surface area contributed by atoms with Crippen molar-refractivity contribution in [3.05, 3.63) is 34.9 Å². The van der Waals surface area contributed by atoms with Gasteiger partial charge in [-0.25, -0.2) is 4.79 Å². The number of aliphatic carboxylic acids is 1. The van der Waals surface area contributed by atoms with Crippen LogP contribution >= 0.6 is 0 Å². The smallest absolute Gasteiger partial charge is 0.475 e. The van der Waals surface area contributed by atoms with Gasteiger partial charge in [0.25, 0.3) is 0 Å². The molecule has 1 aromatic rings. The molecule has 5 N–H and O–H groups in total. The maximum atomic E-state index is 12.4. The van der Waals surface area contributed by atoms with E-state index in [4.69, 9.17) is 20.1 Å². The highest BCUT2D eigenvalue weighted by Crippen LogP contribution is 2.17. The number of halogens is 3. The van der Waals surface area contributed by atoms with Gasteiger partial charge in [-0.15, -0.1) is 0 Å². The number of nitrogens with one attached hydrogen (secondary N) is 2. The number of carboxylic acid groups (broad SMARTS) is 1. The van der Waals surface area contributed by atoms with Crippen LogP contribution < -0.4 is 10.6 Å². The van der Waals surface area contributed by atoms with Crippen molar-refractivity contribution >= 4 is 17.7 Å². The second-order valence-corrected chi connectivity index (χ2v) is 7.95. The number of carboxylic acids is 1. The van der Waals surface area contributed by atoms with Crippen LogP contribution in [0.2, 0.25) is 0 Å². The van der Waals surface area contributed by atoms with Crippen molar-refractivity contribution in [1.82, 2.24) is 15.5 Å². The van der Waals surface area contributed by atoms with Crippen LogP contribution in [0.1, 0.15) is 40.7 Å². The third-order valence-corrected chi connectivity index (χ3v) is 5.30. The number of aliphatic hydroxyl groups excluding tert-OH is 2. The molecule has 0 aliphatic carbocycles. The fourth-order valence-electron chi connectivity index (χ4n) is 3.46. The minimum absolute atomic E-state index is 0.00669. The largest absolute Gasteiger partial charge is 0.490 e. The number of hydrogen-bond donors (Lipinski definition) is 5. The van der Waals surface area contributed by atoms with Crippen LogP contribution in [0.15, 0.2) is 18.2 Å². The highest BCUT2D eigenvalue weighted by Gasteiger charge is 2.38. The molecule has 2 rings (SSSR count). The van der Waals surface area contributed by atoms with Crippen molar-refractivity contribution in [2.24, 2.45) is 0 Å². The van der Waals surface area contributed by atoms with E-state index in [2.05, 4.69) is 10.6 Å². The summed E-state index contributed by atoms with van der Waals surface area (Å²) < 4.78 is 31.7. The number of carbonyl (C=O) groups excluding carboxylic acids is 2. The molecule has 0 bridgehead atoms. The number of rotatable bonds is 12. The zero-order valence-electron chi connectivity index (χ0n) is 19.6. The lowest BCUT2D eigenvalue weighted by Crippen LogP contribution is -2.33. The standard InChI is InChI=1S/C21H33N3O4.C2HF3O2/c25-14-12-24(13-15-26)11-1-8-23-21(28)5-4-20(27)19-3-2-17-6-9-22-10-7-18(17)16-19;3-2(4,5)1(6)7/h2-3,16,22,25-26H,1,4-15H2,(H,23,28);(H,6,7). The van der Waals surface area contributed by atoms with E-state index in [1.54, 1.807) is 0 Å². The van der Waals surface area contributed by atoms with Crippen LogP contribution in [-0.4, -0.2) is 96.5 Å². The van der Waals surface area contributed by atoms with Gasteiger partial charge in [-0.2, -0.15) is 13.2 Å². The number of benzene rings is 1. The van der Waals surface area contributed by atoms with Gasteiger partial charge in [0.15, 0.2) is 5.78 Å². The van der Waals surface area contributed by atoms with Crippen molar-refractivity contribution in [2.45, 2.75) is 38.3 Å². The summed E-state index contributed by atoms with van der Waals surface area (Å²) in [4.78, 5) is 35.3. The van der Waals surface area contributed by atoms with Gasteiger partial charge < -0.3 is 26.0 Å². The highest BCUT2D eigenvalue weighted by atomic mass is 19.4. The van der Waals surface area contributed by atoms with E-state index in [9.17, 15) is 22.8 Å². The number of Topliss-reactive ketones (excluding diaryl/α,β-unsaturated/α-hetero) is 1. The summed E-state index contributed by atoms with van der Waals surface area (Å²) in [5.74, 6) is -2.87. The lowest BCUT2D eigenvalue weighted by atomic mass is 9.97. The Bertz CT molecular complexity index is 814. The molecular formula is C23H34F3N3O6. The molecule has 0 radical (unpaired) electrons. The van der Waals surface area contributed by atoms with Crippen LogP contribution in [0.3, 0.4) is 0 Å².